The van der Waals surface area contributed by atoms with E-state index in [2.05, 4.69) is 4.74 Å². The number of amides is 1. The van der Waals surface area contributed by atoms with Crippen LogP contribution in [-0.2, 0) is 9.53 Å². The molecule has 132 valence electrons. The zero-order valence-corrected chi connectivity index (χ0v) is 14.5. The van der Waals surface area contributed by atoms with E-state index in [1.54, 1.807) is 53.4 Å². The molecule has 0 aromatic heterocycles. The molecule has 1 amide bonds. The molecule has 2 aromatic rings. The fraction of sp³-hybridized carbons (Fsp3) is 0.190. The number of anilines is 1. The van der Waals surface area contributed by atoms with E-state index in [1.807, 2.05) is 6.07 Å². The van der Waals surface area contributed by atoms with Crippen molar-refractivity contribution < 1.29 is 19.1 Å². The third-order valence-corrected chi connectivity index (χ3v) is 4.27. The molecule has 1 aliphatic heterocycles. The number of methoxy groups -OCH3 is 1. The van der Waals surface area contributed by atoms with Gasteiger partial charge in [0, 0.05) is 24.2 Å². The van der Waals surface area contributed by atoms with E-state index in [0.29, 0.717) is 24.1 Å². The Kier molecular flexibility index (Phi) is 5.27. The molecule has 0 saturated carbocycles. The molecule has 3 rings (SSSR count). The predicted octanol–water partition coefficient (Wildman–Crippen LogP) is 3.50. The lowest BCUT2D eigenvalue weighted by molar-refractivity contribution is -0.117. The van der Waals surface area contributed by atoms with E-state index in [1.165, 1.54) is 13.2 Å². The van der Waals surface area contributed by atoms with Gasteiger partial charge in [0.1, 0.15) is 0 Å². The third-order valence-electron chi connectivity index (χ3n) is 4.27. The Morgan fingerprint density at radius 3 is 2.50 bits per heavy atom. The number of hydrogen-bond acceptors (Lipinski definition) is 4. The number of esters is 1. The summed E-state index contributed by atoms with van der Waals surface area (Å²) < 4.78 is 4.65. The van der Waals surface area contributed by atoms with Gasteiger partial charge in [0.25, 0.3) is 0 Å². The van der Waals surface area contributed by atoms with Gasteiger partial charge >= 0.3 is 5.97 Å². The molecule has 0 radical (unpaired) electrons. The predicted molar refractivity (Wildman–Crippen MR) is 99.2 cm³/mol. The van der Waals surface area contributed by atoms with Crippen LogP contribution in [0, 0.1) is 0 Å². The molecule has 0 unspecified atom stereocenters. The summed E-state index contributed by atoms with van der Waals surface area (Å²) in [6.07, 6.45) is 4.58. The van der Waals surface area contributed by atoms with Crippen molar-refractivity contribution in [3.8, 4) is 0 Å². The van der Waals surface area contributed by atoms with Gasteiger partial charge in [-0.05, 0) is 42.3 Å². The van der Waals surface area contributed by atoms with E-state index in [4.69, 9.17) is 0 Å². The maximum atomic E-state index is 12.4. The van der Waals surface area contributed by atoms with E-state index >= 15 is 0 Å². The van der Waals surface area contributed by atoms with Crippen LogP contribution < -0.4 is 4.90 Å². The fourth-order valence-electron chi connectivity index (χ4n) is 2.86. The van der Waals surface area contributed by atoms with Gasteiger partial charge in [-0.1, -0.05) is 30.3 Å². The molecule has 5 heteroatoms. The van der Waals surface area contributed by atoms with E-state index < -0.39 is 5.97 Å². The number of allylic oxidation sites excluding steroid dienone is 1. The molecule has 0 bridgehead atoms. The number of ketones is 1. The summed E-state index contributed by atoms with van der Waals surface area (Å²) in [5.41, 5.74) is 2.55. The molecule has 0 spiro atoms. The highest BCUT2D eigenvalue weighted by atomic mass is 16.5. The number of rotatable bonds is 5. The number of carbonyl (C=O) groups is 3. The van der Waals surface area contributed by atoms with E-state index in [-0.39, 0.29) is 11.7 Å². The molecule has 1 heterocycles. The highest BCUT2D eigenvalue weighted by Crippen LogP contribution is 2.22. The summed E-state index contributed by atoms with van der Waals surface area (Å²) in [5.74, 6) is -0.448. The Labute approximate surface area is 151 Å². The van der Waals surface area contributed by atoms with E-state index in [0.717, 1.165) is 17.7 Å². The van der Waals surface area contributed by atoms with Crippen LogP contribution in [0.15, 0.2) is 54.6 Å². The lowest BCUT2D eigenvalue weighted by Crippen LogP contribution is -2.23. The van der Waals surface area contributed by atoms with Crippen LogP contribution in [0.25, 0.3) is 6.08 Å². The molecule has 1 saturated heterocycles. The Morgan fingerprint density at radius 1 is 1.08 bits per heavy atom. The zero-order valence-electron chi connectivity index (χ0n) is 14.5. The maximum Gasteiger partial charge on any atom is 0.337 e. The largest absolute Gasteiger partial charge is 0.465 e. The first-order valence-electron chi connectivity index (χ1n) is 8.40. The summed E-state index contributed by atoms with van der Waals surface area (Å²) in [5, 5.41) is 0. The van der Waals surface area contributed by atoms with Crippen molar-refractivity contribution in [2.45, 2.75) is 12.8 Å². The van der Waals surface area contributed by atoms with Gasteiger partial charge in [-0.2, -0.15) is 0 Å². The molecule has 0 atom stereocenters. The van der Waals surface area contributed by atoms with Gasteiger partial charge in [-0.15, -0.1) is 0 Å². The number of hydrogen-bond donors (Lipinski definition) is 0. The van der Waals surface area contributed by atoms with Crippen molar-refractivity contribution in [3.05, 3.63) is 71.3 Å². The first kappa shape index (κ1) is 17.6. The molecule has 0 N–H and O–H groups in total. The molecule has 0 aliphatic carbocycles. The lowest BCUT2D eigenvalue weighted by Gasteiger charge is -2.16. The molecular weight excluding hydrogens is 330 g/mol. The molecule has 1 fully saturated rings. The molecule has 5 nitrogen and oxygen atoms in total. The van der Waals surface area contributed by atoms with Crippen LogP contribution in [0.4, 0.5) is 5.69 Å². The Morgan fingerprint density at radius 2 is 1.85 bits per heavy atom. The van der Waals surface area contributed by atoms with Gasteiger partial charge in [0.2, 0.25) is 5.91 Å². The second kappa shape index (κ2) is 7.78. The van der Waals surface area contributed by atoms with Crippen LogP contribution in [-0.4, -0.2) is 31.3 Å². The summed E-state index contributed by atoms with van der Waals surface area (Å²) in [6, 6.07) is 13.9. The van der Waals surface area contributed by atoms with Crippen LogP contribution in [0.3, 0.4) is 0 Å². The second-order valence-electron chi connectivity index (χ2n) is 6.01. The van der Waals surface area contributed by atoms with Crippen LogP contribution in [0.1, 0.15) is 39.1 Å². The van der Waals surface area contributed by atoms with Crippen molar-refractivity contribution in [2.24, 2.45) is 0 Å². The van der Waals surface area contributed by atoms with Crippen molar-refractivity contribution in [2.75, 3.05) is 18.6 Å². The van der Waals surface area contributed by atoms with Crippen LogP contribution in [0.2, 0.25) is 0 Å². The number of ether oxygens (including phenoxy) is 1. The molecular formula is C21H19NO4. The van der Waals surface area contributed by atoms with Gasteiger partial charge in [-0.3, -0.25) is 9.59 Å². The van der Waals surface area contributed by atoms with Crippen molar-refractivity contribution in [1.29, 1.82) is 0 Å². The fourth-order valence-corrected chi connectivity index (χ4v) is 2.86. The number of carbonyl (C=O) groups excluding carboxylic acids is 3. The SMILES string of the molecule is COC(=O)c1ccc(/C=C/C(=O)c2cccc(N3CCCC3=O)c2)cc1. The average molecular weight is 349 g/mol. The van der Waals surface area contributed by atoms with Gasteiger partial charge in [0.15, 0.2) is 5.78 Å². The minimum Gasteiger partial charge on any atom is -0.465 e. The number of benzene rings is 2. The highest BCUT2D eigenvalue weighted by Gasteiger charge is 2.22. The topological polar surface area (TPSA) is 63.7 Å². The number of nitrogens with zero attached hydrogens (tertiary/aromatic N) is 1. The Bertz CT molecular complexity index is 868. The average Bonchev–Trinajstić information content (AvgIpc) is 3.12. The summed E-state index contributed by atoms with van der Waals surface area (Å²) in [4.78, 5) is 37.4. The third kappa shape index (κ3) is 3.88. The lowest BCUT2D eigenvalue weighted by atomic mass is 10.1. The monoisotopic (exact) mass is 349 g/mol. The smallest absolute Gasteiger partial charge is 0.337 e. The van der Waals surface area contributed by atoms with Gasteiger partial charge in [0.05, 0.1) is 12.7 Å². The van der Waals surface area contributed by atoms with Crippen molar-refractivity contribution in [1.82, 2.24) is 0 Å². The van der Waals surface area contributed by atoms with Gasteiger partial charge < -0.3 is 9.64 Å². The standard InChI is InChI=1S/C21H19NO4/c1-26-21(25)16-10-7-15(8-11-16)9-12-19(23)17-4-2-5-18(14-17)22-13-3-6-20(22)24/h2,4-5,7-12,14H,3,6,13H2,1H3/b12-9+. The summed E-state index contributed by atoms with van der Waals surface area (Å²) in [6.45, 7) is 0.693. The Balaban J connectivity index is 1.72. The normalized spacial score (nSPS) is 14.0. The zero-order chi connectivity index (χ0) is 18.5. The quantitative estimate of drug-likeness (QED) is 0.471. The van der Waals surface area contributed by atoms with Crippen molar-refractivity contribution in [3.63, 3.8) is 0 Å². The minimum atomic E-state index is -0.398. The highest BCUT2D eigenvalue weighted by molar-refractivity contribution is 6.08. The maximum absolute atomic E-state index is 12.4. The molecule has 1 aliphatic rings. The molecule has 26 heavy (non-hydrogen) atoms. The van der Waals surface area contributed by atoms with E-state index in [9.17, 15) is 14.4 Å². The molecule has 2 aromatic carbocycles. The van der Waals surface area contributed by atoms with Gasteiger partial charge in [-0.25, -0.2) is 4.79 Å². The Hall–Kier alpha value is -3.21. The van der Waals surface area contributed by atoms with Crippen LogP contribution in [0.5, 0.6) is 0 Å². The van der Waals surface area contributed by atoms with Crippen LogP contribution >= 0.6 is 0 Å². The summed E-state index contributed by atoms with van der Waals surface area (Å²) >= 11 is 0. The van der Waals surface area contributed by atoms with Crippen molar-refractivity contribution >= 4 is 29.4 Å². The minimum absolute atomic E-state index is 0.0934. The second-order valence-corrected chi connectivity index (χ2v) is 6.01. The summed E-state index contributed by atoms with van der Waals surface area (Å²) in [7, 11) is 1.33. The first-order chi connectivity index (χ1) is 12.6. The first-order valence-corrected chi connectivity index (χ1v) is 8.40.